The zero-order valence-electron chi connectivity index (χ0n) is 12.1. The van der Waals surface area contributed by atoms with Crippen LogP contribution in [0.3, 0.4) is 0 Å². The minimum absolute atomic E-state index is 0. The molecule has 1 aromatic rings. The van der Waals surface area contributed by atoms with Crippen LogP contribution in [0.25, 0.3) is 0 Å². The quantitative estimate of drug-likeness (QED) is 0.859. The Balaban J connectivity index is 0.00000220. The Labute approximate surface area is 135 Å². The molecule has 1 saturated heterocycles. The molecule has 2 heterocycles. The first-order valence-electron chi connectivity index (χ1n) is 6.96. The van der Waals surface area contributed by atoms with Crippen LogP contribution in [0.2, 0.25) is 0 Å². The SMILES string of the molecule is CNC1CCCN(C(=O)CCNC(=O)c2ccsc2)C1.Cl. The Morgan fingerprint density at radius 3 is 2.95 bits per heavy atom. The van der Waals surface area contributed by atoms with Crippen LogP contribution in [0.15, 0.2) is 16.8 Å². The highest BCUT2D eigenvalue weighted by Crippen LogP contribution is 2.11. The van der Waals surface area contributed by atoms with Crippen molar-refractivity contribution < 1.29 is 9.59 Å². The van der Waals surface area contributed by atoms with Gasteiger partial charge >= 0.3 is 0 Å². The Morgan fingerprint density at radius 1 is 1.48 bits per heavy atom. The van der Waals surface area contributed by atoms with E-state index < -0.39 is 0 Å². The van der Waals surface area contributed by atoms with Gasteiger partial charge < -0.3 is 15.5 Å². The summed E-state index contributed by atoms with van der Waals surface area (Å²) < 4.78 is 0. The van der Waals surface area contributed by atoms with Gasteiger partial charge in [0.15, 0.2) is 0 Å². The number of piperidine rings is 1. The van der Waals surface area contributed by atoms with Gasteiger partial charge in [0, 0.05) is 43.0 Å². The molecule has 21 heavy (non-hydrogen) atoms. The standard InChI is InChI=1S/C14H21N3O2S.ClH/c1-15-12-3-2-7-17(9-12)13(18)4-6-16-14(19)11-5-8-20-10-11;/h5,8,10,12,15H,2-4,6-7,9H2,1H3,(H,16,19);1H. The number of hydrogen-bond donors (Lipinski definition) is 2. The van der Waals surface area contributed by atoms with E-state index in [1.54, 1.807) is 11.4 Å². The van der Waals surface area contributed by atoms with E-state index >= 15 is 0 Å². The topological polar surface area (TPSA) is 61.4 Å². The predicted molar refractivity (Wildman–Crippen MR) is 87.2 cm³/mol. The van der Waals surface area contributed by atoms with Crippen molar-refractivity contribution in [1.82, 2.24) is 15.5 Å². The van der Waals surface area contributed by atoms with Crippen LogP contribution in [-0.2, 0) is 4.79 Å². The van der Waals surface area contributed by atoms with E-state index in [-0.39, 0.29) is 24.2 Å². The second kappa shape index (κ2) is 9.02. The Hall–Kier alpha value is -1.11. The van der Waals surface area contributed by atoms with Crippen molar-refractivity contribution in [3.63, 3.8) is 0 Å². The number of nitrogens with one attached hydrogen (secondary N) is 2. The number of thiophene rings is 1. The van der Waals surface area contributed by atoms with Gasteiger partial charge in [-0.1, -0.05) is 0 Å². The average molecular weight is 332 g/mol. The lowest BCUT2D eigenvalue weighted by atomic mass is 10.1. The fourth-order valence-corrected chi connectivity index (χ4v) is 3.01. The lowest BCUT2D eigenvalue weighted by molar-refractivity contribution is -0.132. The van der Waals surface area contributed by atoms with Crippen molar-refractivity contribution in [3.8, 4) is 0 Å². The minimum atomic E-state index is -0.106. The predicted octanol–water partition coefficient (Wildman–Crippen LogP) is 1.50. The first kappa shape index (κ1) is 17.9. The van der Waals surface area contributed by atoms with Gasteiger partial charge in [-0.3, -0.25) is 9.59 Å². The minimum Gasteiger partial charge on any atom is -0.351 e. The summed E-state index contributed by atoms with van der Waals surface area (Å²) in [6.45, 7) is 2.00. The zero-order valence-corrected chi connectivity index (χ0v) is 13.8. The maximum absolute atomic E-state index is 12.1. The number of likely N-dealkylation sites (N-methyl/N-ethyl adjacent to an activating group) is 1. The highest BCUT2D eigenvalue weighted by atomic mass is 35.5. The van der Waals surface area contributed by atoms with E-state index in [1.807, 2.05) is 17.3 Å². The first-order chi connectivity index (χ1) is 9.70. The Kier molecular flexibility index (Phi) is 7.71. The van der Waals surface area contributed by atoms with Crippen molar-refractivity contribution in [2.24, 2.45) is 0 Å². The number of rotatable bonds is 5. The molecule has 1 unspecified atom stereocenters. The van der Waals surface area contributed by atoms with Crippen molar-refractivity contribution in [1.29, 1.82) is 0 Å². The molecule has 118 valence electrons. The van der Waals surface area contributed by atoms with Gasteiger partial charge in [0.2, 0.25) is 5.91 Å². The average Bonchev–Trinajstić information content (AvgIpc) is 3.01. The van der Waals surface area contributed by atoms with Gasteiger partial charge in [-0.05, 0) is 31.3 Å². The molecule has 0 saturated carbocycles. The lowest BCUT2D eigenvalue weighted by Gasteiger charge is -2.32. The summed E-state index contributed by atoms with van der Waals surface area (Å²) in [5.41, 5.74) is 0.663. The van der Waals surface area contributed by atoms with E-state index in [9.17, 15) is 9.59 Å². The van der Waals surface area contributed by atoms with E-state index in [1.165, 1.54) is 11.3 Å². The molecular formula is C14H22ClN3O2S. The molecule has 1 atom stereocenters. The Bertz CT molecular complexity index is 453. The molecule has 2 N–H and O–H groups in total. The fraction of sp³-hybridized carbons (Fsp3) is 0.571. The molecule has 2 amide bonds. The molecule has 0 bridgehead atoms. The van der Waals surface area contributed by atoms with Crippen LogP contribution in [-0.4, -0.2) is 49.4 Å². The van der Waals surface area contributed by atoms with Crippen LogP contribution < -0.4 is 10.6 Å². The number of amides is 2. The summed E-state index contributed by atoms with van der Waals surface area (Å²) in [6, 6.07) is 2.18. The number of carbonyl (C=O) groups excluding carboxylic acids is 2. The number of halogens is 1. The third-order valence-corrected chi connectivity index (χ3v) is 4.27. The number of carbonyl (C=O) groups is 2. The van der Waals surface area contributed by atoms with Crippen LogP contribution in [0.5, 0.6) is 0 Å². The van der Waals surface area contributed by atoms with Crippen molar-refractivity contribution in [2.45, 2.75) is 25.3 Å². The third-order valence-electron chi connectivity index (χ3n) is 3.59. The zero-order chi connectivity index (χ0) is 14.4. The van der Waals surface area contributed by atoms with Gasteiger partial charge in [0.25, 0.3) is 5.91 Å². The molecule has 1 aliphatic rings. The molecule has 1 aliphatic heterocycles. The third kappa shape index (κ3) is 5.30. The molecule has 1 aromatic heterocycles. The second-order valence-corrected chi connectivity index (χ2v) is 5.77. The normalized spacial score (nSPS) is 18.0. The van der Waals surface area contributed by atoms with Gasteiger partial charge in [0.05, 0.1) is 0 Å². The van der Waals surface area contributed by atoms with Crippen molar-refractivity contribution >= 4 is 35.6 Å². The highest BCUT2D eigenvalue weighted by Gasteiger charge is 2.22. The van der Waals surface area contributed by atoms with Crippen LogP contribution >= 0.6 is 23.7 Å². The van der Waals surface area contributed by atoms with E-state index in [2.05, 4.69) is 10.6 Å². The molecule has 0 spiro atoms. The van der Waals surface area contributed by atoms with Crippen molar-refractivity contribution in [3.05, 3.63) is 22.4 Å². The number of hydrogen-bond acceptors (Lipinski definition) is 4. The molecule has 0 radical (unpaired) electrons. The summed E-state index contributed by atoms with van der Waals surface area (Å²) in [7, 11) is 1.93. The van der Waals surface area contributed by atoms with Gasteiger partial charge in [-0.2, -0.15) is 11.3 Å². The molecule has 0 aliphatic carbocycles. The Morgan fingerprint density at radius 2 is 2.29 bits per heavy atom. The first-order valence-corrected chi connectivity index (χ1v) is 7.90. The fourth-order valence-electron chi connectivity index (χ4n) is 2.38. The second-order valence-electron chi connectivity index (χ2n) is 4.99. The van der Waals surface area contributed by atoms with E-state index in [4.69, 9.17) is 0 Å². The molecule has 0 aromatic carbocycles. The largest absolute Gasteiger partial charge is 0.351 e. The van der Waals surface area contributed by atoms with Crippen LogP contribution in [0, 0.1) is 0 Å². The molecule has 1 fully saturated rings. The molecule has 7 heteroatoms. The van der Waals surface area contributed by atoms with Crippen LogP contribution in [0.1, 0.15) is 29.6 Å². The molecule has 2 rings (SSSR count). The molecule has 5 nitrogen and oxygen atoms in total. The molecular weight excluding hydrogens is 310 g/mol. The monoisotopic (exact) mass is 331 g/mol. The number of nitrogens with zero attached hydrogens (tertiary/aromatic N) is 1. The summed E-state index contributed by atoms with van der Waals surface area (Å²) in [5.74, 6) is 0.0152. The maximum Gasteiger partial charge on any atom is 0.252 e. The maximum atomic E-state index is 12.1. The smallest absolute Gasteiger partial charge is 0.252 e. The van der Waals surface area contributed by atoms with Gasteiger partial charge in [-0.25, -0.2) is 0 Å². The van der Waals surface area contributed by atoms with Crippen molar-refractivity contribution in [2.75, 3.05) is 26.7 Å². The summed E-state index contributed by atoms with van der Waals surface area (Å²) in [4.78, 5) is 25.7. The van der Waals surface area contributed by atoms with Gasteiger partial charge in [-0.15, -0.1) is 12.4 Å². The van der Waals surface area contributed by atoms with Crippen LogP contribution in [0.4, 0.5) is 0 Å². The summed E-state index contributed by atoms with van der Waals surface area (Å²) >= 11 is 1.49. The number of likely N-dealkylation sites (tertiary alicyclic amines) is 1. The summed E-state index contributed by atoms with van der Waals surface area (Å²) in [6.07, 6.45) is 2.53. The van der Waals surface area contributed by atoms with Gasteiger partial charge in [0.1, 0.15) is 0 Å². The van der Waals surface area contributed by atoms with E-state index in [0.29, 0.717) is 24.6 Å². The lowest BCUT2D eigenvalue weighted by Crippen LogP contribution is -2.47. The van der Waals surface area contributed by atoms with E-state index in [0.717, 1.165) is 25.9 Å². The highest BCUT2D eigenvalue weighted by molar-refractivity contribution is 7.08. The summed E-state index contributed by atoms with van der Waals surface area (Å²) in [5, 5.41) is 9.68.